The summed E-state index contributed by atoms with van der Waals surface area (Å²) in [5, 5.41) is 2.51. The van der Waals surface area contributed by atoms with E-state index in [-0.39, 0.29) is 18.0 Å². The standard InChI is InChI=1S/C22H27N3O3S/c1-4-11-24(12-5-2)19(26)13-25-15-23-21-20(22(25)27)18(14-29-21)16-7-9-17(10-8-16)28-6-3/h7-10,14-15H,4-6,11-13H2,1-3H3. The average molecular weight is 414 g/mol. The Balaban J connectivity index is 1.94. The number of nitrogens with zero attached hydrogens (tertiary/aromatic N) is 3. The van der Waals surface area contributed by atoms with Gasteiger partial charge < -0.3 is 9.64 Å². The number of ether oxygens (including phenoxy) is 1. The van der Waals surface area contributed by atoms with Crippen LogP contribution in [-0.4, -0.2) is 40.1 Å². The van der Waals surface area contributed by atoms with Gasteiger partial charge in [-0.15, -0.1) is 11.3 Å². The zero-order valence-electron chi connectivity index (χ0n) is 17.2. The molecule has 0 unspecified atom stereocenters. The van der Waals surface area contributed by atoms with Crippen molar-refractivity contribution in [2.75, 3.05) is 19.7 Å². The van der Waals surface area contributed by atoms with Crippen LogP contribution in [0.25, 0.3) is 21.3 Å². The van der Waals surface area contributed by atoms with Crippen LogP contribution in [0.4, 0.5) is 0 Å². The third kappa shape index (κ3) is 4.67. The Labute approximate surface area is 174 Å². The van der Waals surface area contributed by atoms with Crippen LogP contribution in [0.15, 0.2) is 40.8 Å². The molecule has 154 valence electrons. The van der Waals surface area contributed by atoms with Crippen LogP contribution >= 0.6 is 11.3 Å². The van der Waals surface area contributed by atoms with Gasteiger partial charge in [-0.05, 0) is 37.5 Å². The summed E-state index contributed by atoms with van der Waals surface area (Å²) < 4.78 is 6.92. The highest BCUT2D eigenvalue weighted by atomic mass is 32.1. The average Bonchev–Trinajstić information content (AvgIpc) is 3.15. The lowest BCUT2D eigenvalue weighted by molar-refractivity contribution is -0.132. The first kappa shape index (κ1) is 21.0. The van der Waals surface area contributed by atoms with Gasteiger partial charge in [0.25, 0.3) is 5.56 Å². The molecule has 0 saturated heterocycles. The minimum atomic E-state index is -0.179. The Morgan fingerprint density at radius 2 is 1.83 bits per heavy atom. The summed E-state index contributed by atoms with van der Waals surface area (Å²) in [6.07, 6.45) is 3.27. The molecule has 0 aliphatic carbocycles. The predicted molar refractivity (Wildman–Crippen MR) is 118 cm³/mol. The van der Waals surface area contributed by atoms with Gasteiger partial charge in [0, 0.05) is 24.0 Å². The van der Waals surface area contributed by atoms with Crippen molar-refractivity contribution in [2.24, 2.45) is 0 Å². The van der Waals surface area contributed by atoms with Gasteiger partial charge in [0.15, 0.2) is 0 Å². The number of carbonyl (C=O) groups is 1. The molecule has 1 aromatic carbocycles. The molecule has 7 heteroatoms. The topological polar surface area (TPSA) is 64.4 Å². The third-order valence-corrected chi connectivity index (χ3v) is 5.57. The largest absolute Gasteiger partial charge is 0.494 e. The molecule has 0 aliphatic heterocycles. The van der Waals surface area contributed by atoms with Gasteiger partial charge in [-0.3, -0.25) is 14.2 Å². The van der Waals surface area contributed by atoms with Crippen LogP contribution < -0.4 is 10.3 Å². The van der Waals surface area contributed by atoms with Crippen molar-refractivity contribution in [3.63, 3.8) is 0 Å². The third-order valence-electron chi connectivity index (χ3n) is 4.68. The first-order valence-corrected chi connectivity index (χ1v) is 10.9. The van der Waals surface area contributed by atoms with E-state index in [4.69, 9.17) is 4.74 Å². The maximum Gasteiger partial charge on any atom is 0.263 e. The molecule has 0 radical (unpaired) electrons. The fourth-order valence-electron chi connectivity index (χ4n) is 3.34. The Hall–Kier alpha value is -2.67. The second-order valence-electron chi connectivity index (χ2n) is 6.85. The number of thiophene rings is 1. The van der Waals surface area contributed by atoms with Crippen molar-refractivity contribution in [2.45, 2.75) is 40.2 Å². The SMILES string of the molecule is CCCN(CCC)C(=O)Cn1cnc2scc(-c3ccc(OCC)cc3)c2c1=O. The van der Waals surface area contributed by atoms with Crippen LogP contribution in [-0.2, 0) is 11.3 Å². The van der Waals surface area contributed by atoms with E-state index in [9.17, 15) is 9.59 Å². The first-order valence-electron chi connectivity index (χ1n) is 10.1. The fraction of sp³-hybridized carbons (Fsp3) is 0.409. The van der Waals surface area contributed by atoms with E-state index in [0.29, 0.717) is 29.9 Å². The molecule has 3 rings (SSSR count). The molecule has 0 fully saturated rings. The normalized spacial score (nSPS) is 11.0. The molecule has 0 aliphatic rings. The molecule has 29 heavy (non-hydrogen) atoms. The number of rotatable bonds is 9. The van der Waals surface area contributed by atoms with Gasteiger partial charge in [-0.2, -0.15) is 0 Å². The molecule has 3 aromatic rings. The quantitative estimate of drug-likeness (QED) is 0.528. The monoisotopic (exact) mass is 413 g/mol. The van der Waals surface area contributed by atoms with Crippen LogP contribution in [0, 0.1) is 0 Å². The summed E-state index contributed by atoms with van der Waals surface area (Å²) in [6.45, 7) is 8.06. The van der Waals surface area contributed by atoms with Gasteiger partial charge in [0.2, 0.25) is 5.91 Å². The minimum absolute atomic E-state index is 0.0142. The molecule has 0 saturated carbocycles. The summed E-state index contributed by atoms with van der Waals surface area (Å²) in [4.78, 5) is 32.8. The van der Waals surface area contributed by atoms with Gasteiger partial charge in [0.05, 0.1) is 18.3 Å². The van der Waals surface area contributed by atoms with Crippen molar-refractivity contribution in [3.8, 4) is 16.9 Å². The lowest BCUT2D eigenvalue weighted by Gasteiger charge is -2.21. The molecule has 2 heterocycles. The summed E-state index contributed by atoms with van der Waals surface area (Å²) in [6, 6.07) is 7.68. The van der Waals surface area contributed by atoms with E-state index >= 15 is 0 Å². The second kappa shape index (κ2) is 9.69. The van der Waals surface area contributed by atoms with Crippen LogP contribution in [0.3, 0.4) is 0 Å². The van der Waals surface area contributed by atoms with Crippen molar-refractivity contribution in [3.05, 3.63) is 46.3 Å². The molecule has 6 nitrogen and oxygen atoms in total. The van der Waals surface area contributed by atoms with Gasteiger partial charge >= 0.3 is 0 Å². The maximum absolute atomic E-state index is 13.2. The smallest absolute Gasteiger partial charge is 0.263 e. The Kier molecular flexibility index (Phi) is 7.04. The van der Waals surface area contributed by atoms with E-state index in [1.54, 1.807) is 0 Å². The van der Waals surface area contributed by atoms with Gasteiger partial charge in [-0.25, -0.2) is 4.98 Å². The van der Waals surface area contributed by atoms with Crippen LogP contribution in [0.2, 0.25) is 0 Å². The number of hydrogen-bond acceptors (Lipinski definition) is 5. The van der Waals surface area contributed by atoms with Crippen molar-refractivity contribution in [1.29, 1.82) is 0 Å². The van der Waals surface area contributed by atoms with Crippen molar-refractivity contribution >= 4 is 27.5 Å². The molecular weight excluding hydrogens is 386 g/mol. The minimum Gasteiger partial charge on any atom is -0.494 e. The number of carbonyl (C=O) groups excluding carboxylic acids is 1. The van der Waals surface area contributed by atoms with E-state index < -0.39 is 0 Å². The molecule has 0 atom stereocenters. The lowest BCUT2D eigenvalue weighted by atomic mass is 10.1. The Morgan fingerprint density at radius 3 is 2.45 bits per heavy atom. The van der Waals surface area contributed by atoms with Crippen LogP contribution in [0.5, 0.6) is 5.75 Å². The number of benzene rings is 1. The first-order chi connectivity index (χ1) is 14.1. The highest BCUT2D eigenvalue weighted by molar-refractivity contribution is 7.17. The van der Waals surface area contributed by atoms with Crippen molar-refractivity contribution < 1.29 is 9.53 Å². The highest BCUT2D eigenvalue weighted by Crippen LogP contribution is 2.31. The summed E-state index contributed by atoms with van der Waals surface area (Å²) in [5.41, 5.74) is 1.59. The van der Waals surface area contributed by atoms with Gasteiger partial charge in [0.1, 0.15) is 17.1 Å². The molecule has 0 bridgehead atoms. The van der Waals surface area contributed by atoms with E-state index in [1.807, 2.05) is 55.3 Å². The second-order valence-corrected chi connectivity index (χ2v) is 7.70. The number of aromatic nitrogens is 2. The lowest BCUT2D eigenvalue weighted by Crippen LogP contribution is -2.37. The molecular formula is C22H27N3O3S. The maximum atomic E-state index is 13.2. The number of amides is 1. The highest BCUT2D eigenvalue weighted by Gasteiger charge is 2.17. The predicted octanol–water partition coefficient (Wildman–Crippen LogP) is 4.17. The van der Waals surface area contributed by atoms with Crippen molar-refractivity contribution in [1.82, 2.24) is 14.5 Å². The Morgan fingerprint density at radius 1 is 1.14 bits per heavy atom. The van der Waals surface area contributed by atoms with E-state index in [1.165, 1.54) is 22.2 Å². The zero-order chi connectivity index (χ0) is 20.8. The van der Waals surface area contributed by atoms with Crippen LogP contribution in [0.1, 0.15) is 33.6 Å². The fourth-order valence-corrected chi connectivity index (χ4v) is 4.24. The number of hydrogen-bond donors (Lipinski definition) is 0. The molecule has 2 aromatic heterocycles. The zero-order valence-corrected chi connectivity index (χ0v) is 18.0. The summed E-state index contributed by atoms with van der Waals surface area (Å²) in [7, 11) is 0. The molecule has 0 N–H and O–H groups in total. The Bertz CT molecular complexity index is 1020. The number of fused-ring (bicyclic) bond motifs is 1. The van der Waals surface area contributed by atoms with Gasteiger partial charge in [-0.1, -0.05) is 26.0 Å². The van der Waals surface area contributed by atoms with E-state index in [0.717, 1.165) is 29.7 Å². The van der Waals surface area contributed by atoms with E-state index in [2.05, 4.69) is 4.98 Å². The summed E-state index contributed by atoms with van der Waals surface area (Å²) in [5.74, 6) is 0.749. The molecule has 1 amide bonds. The molecule has 0 spiro atoms. The summed E-state index contributed by atoms with van der Waals surface area (Å²) >= 11 is 1.44.